The minimum Gasteiger partial charge on any atom is -0.377 e. The number of benzene rings is 2. The molecule has 0 saturated heterocycles. The van der Waals surface area contributed by atoms with Gasteiger partial charge in [0, 0.05) is 35.1 Å². The third kappa shape index (κ3) is 2.75. The molecule has 2 aromatic carbocycles. The lowest BCUT2D eigenvalue weighted by Gasteiger charge is -2.27. The van der Waals surface area contributed by atoms with E-state index in [4.69, 9.17) is 0 Å². The molecule has 1 aliphatic heterocycles. The van der Waals surface area contributed by atoms with E-state index >= 15 is 0 Å². The Morgan fingerprint density at radius 3 is 2.62 bits per heavy atom. The maximum Gasteiger partial charge on any atom is 0.0579 e. The van der Waals surface area contributed by atoms with E-state index in [2.05, 4.69) is 67.6 Å². The van der Waals surface area contributed by atoms with Crippen molar-refractivity contribution in [3.8, 4) is 0 Å². The van der Waals surface area contributed by atoms with Crippen molar-refractivity contribution in [1.82, 2.24) is 0 Å². The summed E-state index contributed by atoms with van der Waals surface area (Å²) in [6, 6.07) is 13.0. The molecule has 0 unspecified atom stereocenters. The summed E-state index contributed by atoms with van der Waals surface area (Å²) in [4.78, 5) is 4.87. The molecule has 0 bridgehead atoms. The maximum absolute atomic E-state index is 3.67. The van der Waals surface area contributed by atoms with Crippen molar-refractivity contribution in [3.05, 3.63) is 42.0 Å². The first-order chi connectivity index (χ1) is 10.2. The summed E-state index contributed by atoms with van der Waals surface area (Å²) in [5.41, 5.74) is 5.30. The van der Waals surface area contributed by atoms with Gasteiger partial charge in [-0.1, -0.05) is 37.2 Å². The van der Waals surface area contributed by atoms with Gasteiger partial charge in [-0.05, 0) is 37.1 Å². The largest absolute Gasteiger partial charge is 0.377 e. The fraction of sp³-hybridized carbons (Fsp3) is 0.333. The van der Waals surface area contributed by atoms with Crippen LogP contribution in [-0.2, 0) is 6.42 Å². The van der Waals surface area contributed by atoms with Crippen molar-refractivity contribution >= 4 is 28.8 Å². The number of para-hydroxylation sites is 1. The zero-order valence-electron chi connectivity index (χ0n) is 12.9. The van der Waals surface area contributed by atoms with Crippen molar-refractivity contribution in [2.45, 2.75) is 36.0 Å². The summed E-state index contributed by atoms with van der Waals surface area (Å²) >= 11 is 1.87. The molecule has 0 aromatic heterocycles. The number of rotatable bonds is 4. The summed E-state index contributed by atoms with van der Waals surface area (Å²) < 4.78 is 0. The number of unbranched alkanes of at least 4 members (excludes halogenated alkanes) is 1. The second-order valence-corrected chi connectivity index (χ2v) is 6.74. The van der Waals surface area contributed by atoms with Crippen molar-refractivity contribution in [2.24, 2.45) is 0 Å². The van der Waals surface area contributed by atoms with E-state index < -0.39 is 0 Å². The number of fused-ring (bicyclic) bond motifs is 2. The van der Waals surface area contributed by atoms with Crippen LogP contribution in [0.2, 0.25) is 0 Å². The highest BCUT2D eigenvalue weighted by Gasteiger charge is 2.20. The zero-order chi connectivity index (χ0) is 14.8. The fourth-order valence-electron chi connectivity index (χ4n) is 2.78. The van der Waals surface area contributed by atoms with Crippen molar-refractivity contribution in [3.63, 3.8) is 0 Å². The summed E-state index contributed by atoms with van der Waals surface area (Å²) in [5.74, 6) is 0. The van der Waals surface area contributed by atoms with Gasteiger partial charge in [0.25, 0.3) is 0 Å². The molecule has 0 atom stereocenters. The van der Waals surface area contributed by atoms with Gasteiger partial charge in [0.05, 0.1) is 11.4 Å². The van der Waals surface area contributed by atoms with E-state index in [1.165, 1.54) is 45.3 Å². The minimum atomic E-state index is 1.13. The van der Waals surface area contributed by atoms with Crippen LogP contribution in [0, 0.1) is 0 Å². The molecule has 3 heteroatoms. The first kappa shape index (κ1) is 14.3. The lowest BCUT2D eigenvalue weighted by atomic mass is 10.0. The highest BCUT2D eigenvalue weighted by atomic mass is 32.2. The Balaban J connectivity index is 2.06. The normalized spacial score (nSPS) is 12.3. The molecule has 1 aliphatic rings. The minimum absolute atomic E-state index is 1.13. The Bertz CT molecular complexity index is 650. The monoisotopic (exact) mass is 298 g/mol. The molecule has 0 saturated carbocycles. The third-order valence-electron chi connectivity index (χ3n) is 3.88. The second kappa shape index (κ2) is 6.02. The first-order valence-electron chi connectivity index (χ1n) is 7.57. The molecule has 0 spiro atoms. The Labute approximate surface area is 131 Å². The average molecular weight is 298 g/mol. The van der Waals surface area contributed by atoms with Crippen LogP contribution in [0.15, 0.2) is 46.2 Å². The Kier molecular flexibility index (Phi) is 4.11. The number of hydrogen-bond donors (Lipinski definition) is 1. The second-order valence-electron chi connectivity index (χ2n) is 5.66. The van der Waals surface area contributed by atoms with Crippen molar-refractivity contribution < 1.29 is 0 Å². The average Bonchev–Trinajstić information content (AvgIpc) is 2.50. The summed E-state index contributed by atoms with van der Waals surface area (Å²) in [6.45, 7) is 2.25. The maximum atomic E-state index is 3.67. The van der Waals surface area contributed by atoms with Crippen LogP contribution >= 0.6 is 11.8 Å². The van der Waals surface area contributed by atoms with Crippen LogP contribution in [0.1, 0.15) is 25.3 Å². The molecule has 1 heterocycles. The first-order valence-corrected chi connectivity index (χ1v) is 8.39. The van der Waals surface area contributed by atoms with Gasteiger partial charge in [-0.15, -0.1) is 0 Å². The van der Waals surface area contributed by atoms with Crippen molar-refractivity contribution in [2.75, 3.05) is 24.3 Å². The Morgan fingerprint density at radius 1 is 1.05 bits per heavy atom. The topological polar surface area (TPSA) is 15.3 Å². The number of nitrogens with one attached hydrogen (secondary N) is 1. The Hall–Kier alpha value is -1.61. The molecule has 21 heavy (non-hydrogen) atoms. The quantitative estimate of drug-likeness (QED) is 0.703. The molecule has 2 nitrogen and oxygen atoms in total. The standard InChI is InChI=1S/C18H22N2S/c1-4-5-8-13-15(20(2)3)11-12-17-18(13)19-14-9-6-7-10-16(14)21-17/h6-7,9-12,19H,4-5,8H2,1-3H3. The summed E-state index contributed by atoms with van der Waals surface area (Å²) in [5, 5.41) is 3.67. The van der Waals surface area contributed by atoms with E-state index in [-0.39, 0.29) is 0 Å². The van der Waals surface area contributed by atoms with Gasteiger partial charge < -0.3 is 10.2 Å². The summed E-state index contributed by atoms with van der Waals surface area (Å²) in [6.07, 6.45) is 3.58. The van der Waals surface area contributed by atoms with Gasteiger partial charge in [0.1, 0.15) is 0 Å². The molecule has 1 N–H and O–H groups in total. The molecule has 3 rings (SSSR count). The fourth-order valence-corrected chi connectivity index (χ4v) is 3.80. The highest BCUT2D eigenvalue weighted by molar-refractivity contribution is 7.99. The van der Waals surface area contributed by atoms with Crippen LogP contribution in [0.5, 0.6) is 0 Å². The highest BCUT2D eigenvalue weighted by Crippen LogP contribution is 2.47. The number of hydrogen-bond acceptors (Lipinski definition) is 3. The molecule has 110 valence electrons. The predicted octanol–water partition coefficient (Wildman–Crippen LogP) is 5.30. The van der Waals surface area contributed by atoms with Gasteiger partial charge in [-0.25, -0.2) is 0 Å². The number of anilines is 3. The summed E-state index contributed by atoms with van der Waals surface area (Å²) in [7, 11) is 4.25. The van der Waals surface area contributed by atoms with Gasteiger partial charge in [-0.3, -0.25) is 0 Å². The Morgan fingerprint density at radius 2 is 1.86 bits per heavy atom. The number of nitrogens with zero attached hydrogens (tertiary/aromatic N) is 1. The molecular weight excluding hydrogens is 276 g/mol. The third-order valence-corrected chi connectivity index (χ3v) is 5.01. The van der Waals surface area contributed by atoms with Crippen LogP contribution in [0.3, 0.4) is 0 Å². The van der Waals surface area contributed by atoms with E-state index in [1.807, 2.05) is 11.8 Å². The van der Waals surface area contributed by atoms with Gasteiger partial charge >= 0.3 is 0 Å². The zero-order valence-corrected chi connectivity index (χ0v) is 13.8. The molecular formula is C18H22N2S. The van der Waals surface area contributed by atoms with Crippen LogP contribution < -0.4 is 10.2 Å². The molecule has 0 radical (unpaired) electrons. The molecule has 2 aromatic rings. The molecule has 0 fully saturated rings. The van der Waals surface area contributed by atoms with Crippen LogP contribution in [0.4, 0.5) is 17.1 Å². The van der Waals surface area contributed by atoms with Gasteiger partial charge in [-0.2, -0.15) is 0 Å². The predicted molar refractivity (Wildman–Crippen MR) is 93.2 cm³/mol. The lowest BCUT2D eigenvalue weighted by Crippen LogP contribution is -2.14. The van der Waals surface area contributed by atoms with Gasteiger partial charge in [0.2, 0.25) is 0 Å². The van der Waals surface area contributed by atoms with Crippen LogP contribution in [-0.4, -0.2) is 14.1 Å². The SMILES string of the molecule is CCCCc1c(N(C)C)ccc2c1Nc1ccccc1S2. The van der Waals surface area contributed by atoms with Crippen molar-refractivity contribution in [1.29, 1.82) is 0 Å². The van der Waals surface area contributed by atoms with Crippen LogP contribution in [0.25, 0.3) is 0 Å². The van der Waals surface area contributed by atoms with E-state index in [0.717, 1.165) is 6.42 Å². The molecule has 0 amide bonds. The lowest BCUT2D eigenvalue weighted by molar-refractivity contribution is 0.792. The van der Waals surface area contributed by atoms with Gasteiger partial charge in [0.15, 0.2) is 0 Å². The van der Waals surface area contributed by atoms with E-state index in [9.17, 15) is 0 Å². The van der Waals surface area contributed by atoms with E-state index in [1.54, 1.807) is 0 Å². The van der Waals surface area contributed by atoms with E-state index in [0.29, 0.717) is 0 Å². The smallest absolute Gasteiger partial charge is 0.0579 e. The molecule has 0 aliphatic carbocycles.